The van der Waals surface area contributed by atoms with Gasteiger partial charge in [-0.05, 0) is 335 Å². The van der Waals surface area contributed by atoms with Crippen LogP contribution in [-0.4, -0.2) is 86.7 Å². The third-order valence-corrected chi connectivity index (χ3v) is 42.2. The first-order valence-electron chi connectivity index (χ1n) is 44.1. The lowest BCUT2D eigenvalue weighted by Crippen LogP contribution is -2.69. The summed E-state index contributed by atoms with van der Waals surface area (Å²) < 4.78 is 41.8. The second-order valence-electron chi connectivity index (χ2n) is 40.4. The van der Waals surface area contributed by atoms with Gasteiger partial charge in [0, 0.05) is 39.6 Å². The lowest BCUT2D eigenvalue weighted by atomic mass is 9.40. The first-order chi connectivity index (χ1) is 53.3. The molecule has 0 heterocycles. The van der Waals surface area contributed by atoms with Crippen LogP contribution in [0.1, 0.15) is 207 Å². The molecule has 0 amide bonds. The van der Waals surface area contributed by atoms with Gasteiger partial charge in [-0.2, -0.15) is 0 Å². The van der Waals surface area contributed by atoms with Gasteiger partial charge in [0.15, 0.2) is 0 Å². The maximum atomic E-state index is 7.43. The van der Waals surface area contributed by atoms with E-state index in [-0.39, 0.29) is 31.8 Å². The van der Waals surface area contributed by atoms with Crippen molar-refractivity contribution in [1.29, 1.82) is 0 Å². The van der Waals surface area contributed by atoms with Gasteiger partial charge >= 0.3 is 0 Å². The summed E-state index contributed by atoms with van der Waals surface area (Å²) in [6.45, 7) is 21.7. The predicted molar refractivity (Wildman–Crippen MR) is 456 cm³/mol. The topological polar surface area (TPSA) is 55.4 Å². The first kappa shape index (κ1) is 75.2. The molecule has 16 fully saturated rings. The van der Waals surface area contributed by atoms with Crippen molar-refractivity contribution in [3.05, 3.63) is 180 Å². The normalized spacial score (nSPS) is 41.0. The summed E-state index contributed by atoms with van der Waals surface area (Å²) in [6.07, 6.45) is 31.8. The molecule has 110 heavy (non-hydrogen) atoms. The smallest absolute Gasteiger partial charge is 0.126 e. The molecule has 0 saturated heterocycles. The average molecular weight is 1510 g/mol. The molecule has 0 N–H and O–H groups in total. The fourth-order valence-corrected chi connectivity index (χ4v) is 44.5. The van der Waals surface area contributed by atoms with Gasteiger partial charge < -0.3 is 28.4 Å². The highest BCUT2D eigenvalue weighted by molar-refractivity contribution is 7.69. The van der Waals surface area contributed by atoms with Crippen molar-refractivity contribution in [2.45, 2.75) is 240 Å². The Labute approximate surface area is 664 Å². The summed E-state index contributed by atoms with van der Waals surface area (Å²) in [6, 6.07) is 56.3. The van der Waals surface area contributed by atoms with E-state index in [2.05, 4.69) is 247 Å². The highest BCUT2D eigenvalue weighted by Crippen LogP contribution is 2.91. The number of ether oxygens (including phenoxy) is 6. The molecular formula is C102H130O6P2. The minimum Gasteiger partial charge on any atom is -0.496 e. The molecule has 20 unspecified atom stereocenters. The molecule has 0 aromatic heterocycles. The molecule has 0 radical (unpaired) electrons. The maximum Gasteiger partial charge on any atom is 0.126 e. The Kier molecular flexibility index (Phi) is 19.5. The monoisotopic (exact) mass is 1510 g/mol. The molecule has 23 rings (SSSR count). The summed E-state index contributed by atoms with van der Waals surface area (Å²) >= 11 is 0. The first-order valence-corrected chi connectivity index (χ1v) is 46.8. The summed E-state index contributed by atoms with van der Waals surface area (Å²) in [5, 5.41) is 4.54. The van der Waals surface area contributed by atoms with Gasteiger partial charge in [-0.1, -0.05) is 217 Å². The fourth-order valence-electron chi connectivity index (χ4n) is 32.8. The van der Waals surface area contributed by atoms with E-state index in [4.69, 9.17) is 28.4 Å². The zero-order valence-corrected chi connectivity index (χ0v) is 71.0. The zero-order valence-electron chi connectivity index (χ0n) is 69.2. The Balaban J connectivity index is 0.889. The SMILES string of the molecule is COc1ccccc1-c1cccc(-c2ccccc2)c1C1C2CC3(P(C4=C(\P(C56CC7CC(OC)(CC(C5)C7OC)C6)C56CC7CC(C(c8c(-c9ccccc9)cccc8-c8ccccc8OC)C(C5)C7C(C)C)C6C(C)C)CCCC/C=C\4)C45CC6CC(OC)(CC(C4)C6OC)C5)CC(CC1C3C(C)C)C2C(C)C. The Hall–Kier alpha value is -4.90. The minimum atomic E-state index is -0.882. The van der Waals surface area contributed by atoms with Gasteiger partial charge in [-0.25, -0.2) is 0 Å². The number of hydrogen-bond acceptors (Lipinski definition) is 6. The van der Waals surface area contributed by atoms with Gasteiger partial charge in [0.25, 0.3) is 0 Å². The Morgan fingerprint density at radius 3 is 1.18 bits per heavy atom. The van der Waals surface area contributed by atoms with Crippen molar-refractivity contribution >= 4 is 15.8 Å². The number of para-hydroxylation sites is 2. The number of hydrogen-bond donors (Lipinski definition) is 0. The van der Waals surface area contributed by atoms with Crippen LogP contribution in [-0.2, 0) is 18.9 Å². The van der Waals surface area contributed by atoms with Crippen LogP contribution >= 0.6 is 15.8 Å². The Morgan fingerprint density at radius 1 is 0.373 bits per heavy atom. The quantitative estimate of drug-likeness (QED) is 0.0632. The van der Waals surface area contributed by atoms with Crippen LogP contribution in [0.15, 0.2) is 168 Å². The van der Waals surface area contributed by atoms with Crippen molar-refractivity contribution in [1.82, 2.24) is 0 Å². The van der Waals surface area contributed by atoms with E-state index >= 15 is 0 Å². The molecule has 0 aliphatic heterocycles. The van der Waals surface area contributed by atoms with Crippen LogP contribution in [0.25, 0.3) is 44.5 Å². The van der Waals surface area contributed by atoms with E-state index in [0.717, 1.165) is 37.2 Å². The predicted octanol–water partition coefficient (Wildman–Crippen LogP) is 26.0. The number of allylic oxidation sites excluding steroid dienone is 4. The number of rotatable bonds is 22. The van der Waals surface area contributed by atoms with Gasteiger partial charge in [-0.15, -0.1) is 0 Å². The van der Waals surface area contributed by atoms with E-state index in [1.54, 1.807) is 11.1 Å². The molecule has 16 saturated carbocycles. The van der Waals surface area contributed by atoms with Crippen LogP contribution in [0, 0.1) is 107 Å². The number of methoxy groups -OCH3 is 6. The van der Waals surface area contributed by atoms with Gasteiger partial charge in [-0.3, -0.25) is 0 Å². The number of benzene rings is 6. The van der Waals surface area contributed by atoms with E-state index in [1.165, 1.54) is 147 Å². The second kappa shape index (κ2) is 28.5. The van der Waals surface area contributed by atoms with E-state index in [0.29, 0.717) is 131 Å². The molecule has 6 aromatic rings. The van der Waals surface area contributed by atoms with Crippen LogP contribution in [0.5, 0.6) is 11.5 Å². The fraction of sp³-hybridized carbons (Fsp3) is 0.608. The summed E-state index contributed by atoms with van der Waals surface area (Å²) in [4.78, 5) is 0. The third-order valence-electron chi connectivity index (χ3n) is 34.1. The molecule has 8 heteroatoms. The van der Waals surface area contributed by atoms with Gasteiger partial charge in [0.05, 0.1) is 37.6 Å². The lowest BCUT2D eigenvalue weighted by molar-refractivity contribution is -0.190. The molecule has 16 bridgehead atoms. The van der Waals surface area contributed by atoms with E-state index in [9.17, 15) is 0 Å². The van der Waals surface area contributed by atoms with Crippen molar-refractivity contribution < 1.29 is 28.4 Å². The largest absolute Gasteiger partial charge is 0.496 e. The maximum absolute atomic E-state index is 7.43. The van der Waals surface area contributed by atoms with Crippen LogP contribution in [0.2, 0.25) is 0 Å². The molecule has 20 atom stereocenters. The van der Waals surface area contributed by atoms with E-state index < -0.39 is 15.8 Å². The van der Waals surface area contributed by atoms with Crippen LogP contribution < -0.4 is 9.47 Å². The molecule has 0 spiro atoms. The zero-order chi connectivity index (χ0) is 75.7. The summed E-state index contributed by atoms with van der Waals surface area (Å²) in [7, 11) is 10.6. The minimum absolute atomic E-state index is 0.0998. The summed E-state index contributed by atoms with van der Waals surface area (Å²) in [5.74, 6) is 12.7. The van der Waals surface area contributed by atoms with Gasteiger partial charge in [0.2, 0.25) is 0 Å². The highest BCUT2D eigenvalue weighted by atomic mass is 31.1. The molecule has 17 aliphatic rings. The van der Waals surface area contributed by atoms with Crippen molar-refractivity contribution in [3.63, 3.8) is 0 Å². The Morgan fingerprint density at radius 2 is 0.773 bits per heavy atom. The average Bonchev–Trinajstić information content (AvgIpc) is 0.664. The molecule has 584 valence electrons. The van der Waals surface area contributed by atoms with Crippen LogP contribution in [0.3, 0.4) is 0 Å². The third kappa shape index (κ3) is 11.3. The lowest BCUT2D eigenvalue weighted by Gasteiger charge is -2.76. The standard InChI is InChI=1S/C102H130O6P2/c1-61(2)87-67-45-79-91(89-73(65-31-19-17-20-32-65)37-29-39-77(89)75-35-25-27-41-83(75)103-9)81(87)57-101(55-67,93(79)63(5)6)109(99-51-69-47-97(59-99,107-13)48-70(52-99)95(69)105-11)85-43-23-15-16-24-44-86(85)110(100-53-71-49-98(60-100,108-14)50-72(54-100)96(71)106-12)102-56-68-46-80(94(102)64(7)8)92(82(58-102)88(68)62(3)4)90-74(66-33-21-18-22-34-66)38-30-40-78(90)76-36-26-28-42-84(76)104-10/h17-23,25-43,61-64,67-72,79-82,87-88,91-96H,15-16,24,44-60H2,1-14H3/b43-23-,86-85-. The molecular weight excluding hydrogens is 1380 g/mol. The molecule has 6 aromatic carbocycles. The second-order valence-corrected chi connectivity index (χ2v) is 46.4. The van der Waals surface area contributed by atoms with Crippen LogP contribution in [0.4, 0.5) is 0 Å². The molecule has 6 nitrogen and oxygen atoms in total. The highest BCUT2D eigenvalue weighted by Gasteiger charge is 2.77. The Bertz CT molecular complexity index is 4420. The van der Waals surface area contributed by atoms with E-state index in [1.807, 2.05) is 19.5 Å². The van der Waals surface area contributed by atoms with Crippen molar-refractivity contribution in [2.24, 2.45) is 107 Å². The van der Waals surface area contributed by atoms with Crippen molar-refractivity contribution in [3.8, 4) is 56.0 Å². The van der Waals surface area contributed by atoms with Gasteiger partial charge in [0.1, 0.15) is 11.5 Å². The summed E-state index contributed by atoms with van der Waals surface area (Å²) in [5.41, 5.74) is 13.8. The van der Waals surface area contributed by atoms with Crippen molar-refractivity contribution in [2.75, 3.05) is 42.7 Å². The molecule has 17 aliphatic carbocycles.